The van der Waals surface area contributed by atoms with Gasteiger partial charge < -0.3 is 27.1 Å². The van der Waals surface area contributed by atoms with Crippen molar-refractivity contribution in [1.82, 2.24) is 4.48 Å². The Kier molecular flexibility index (Phi) is 2.51. The molecular formula is C16H9BF4N2O2. The normalized spacial score (nSPS) is 21.2. The molecule has 0 radical (unpaired) electrons. The van der Waals surface area contributed by atoms with Crippen LogP contribution in [0.4, 0.5) is 17.4 Å². The molecule has 4 heterocycles. The second-order valence-electron chi connectivity index (χ2n) is 5.89. The molecule has 3 aliphatic rings. The third-order valence-corrected chi connectivity index (χ3v) is 4.43. The van der Waals surface area contributed by atoms with Crippen molar-refractivity contribution < 1.29 is 31.4 Å². The summed E-state index contributed by atoms with van der Waals surface area (Å²) in [5.41, 5.74) is 1.60. The van der Waals surface area contributed by atoms with E-state index in [1.54, 1.807) is 18.2 Å². The molecule has 0 atom stereocenters. The van der Waals surface area contributed by atoms with Crippen molar-refractivity contribution in [3.05, 3.63) is 65.6 Å². The maximum absolute atomic E-state index is 14.7. The number of benzene rings is 1. The average Bonchev–Trinajstić information content (AvgIpc) is 3.23. The second-order valence-corrected chi connectivity index (χ2v) is 5.89. The molecule has 0 amide bonds. The highest BCUT2D eigenvalue weighted by atomic mass is 19.3. The fraction of sp³-hybridized carbons (Fsp3) is 0.0625. The van der Waals surface area contributed by atoms with Crippen LogP contribution in [0.3, 0.4) is 0 Å². The Morgan fingerprint density at radius 1 is 1.08 bits per heavy atom. The van der Waals surface area contributed by atoms with Crippen LogP contribution >= 0.6 is 0 Å². The second kappa shape index (κ2) is 4.35. The standard InChI is InChI=1S/C16H9BF4N2O2/c18-16(19)24-13-6-5-10(9-14(13)25-16)15-11-3-1-7-22(11)17(20,21)23-8-2-4-12(15)23/h1-9H. The van der Waals surface area contributed by atoms with Gasteiger partial charge in [0, 0.05) is 17.8 Å². The number of aromatic nitrogens is 1. The average molecular weight is 348 g/mol. The smallest absolute Gasteiger partial charge is 0.396 e. The lowest BCUT2D eigenvalue weighted by molar-refractivity contribution is -0.356. The Morgan fingerprint density at radius 2 is 1.88 bits per heavy atom. The summed E-state index contributed by atoms with van der Waals surface area (Å²) in [5.74, 6) is -0.223. The molecule has 9 heteroatoms. The molecule has 2 aromatic rings. The molecule has 4 nitrogen and oxygen atoms in total. The molecule has 5 rings (SSSR count). The van der Waals surface area contributed by atoms with Crippen molar-refractivity contribution in [1.29, 1.82) is 0 Å². The minimum absolute atomic E-state index is 0.0922. The Hall–Kier alpha value is -2.97. The van der Waals surface area contributed by atoms with E-state index in [0.717, 1.165) is 8.96 Å². The summed E-state index contributed by atoms with van der Waals surface area (Å²) in [4.78, 5) is 0. The van der Waals surface area contributed by atoms with E-state index in [4.69, 9.17) is 0 Å². The predicted octanol–water partition coefficient (Wildman–Crippen LogP) is 3.46. The summed E-state index contributed by atoms with van der Waals surface area (Å²) in [6.45, 7) is -4.00. The van der Waals surface area contributed by atoms with E-state index in [2.05, 4.69) is 9.47 Å². The van der Waals surface area contributed by atoms with Crippen molar-refractivity contribution in [2.45, 2.75) is 6.29 Å². The first-order chi connectivity index (χ1) is 11.9. The SMILES string of the molecule is F[B-]1(F)n2cccc2C(c2ccc3c(c2)OC(F)(F)O3)=C2C=CC=[N+]21. The lowest BCUT2D eigenvalue weighted by Gasteiger charge is -2.30. The first kappa shape index (κ1) is 14.4. The number of halogens is 4. The molecule has 126 valence electrons. The zero-order valence-corrected chi connectivity index (χ0v) is 12.5. The Balaban J connectivity index is 1.73. The van der Waals surface area contributed by atoms with E-state index in [9.17, 15) is 17.4 Å². The molecule has 0 aliphatic carbocycles. The van der Waals surface area contributed by atoms with Gasteiger partial charge in [0.05, 0.1) is 5.57 Å². The Bertz CT molecular complexity index is 1020. The van der Waals surface area contributed by atoms with Gasteiger partial charge in [0.25, 0.3) is 0 Å². The molecule has 25 heavy (non-hydrogen) atoms. The third-order valence-electron chi connectivity index (χ3n) is 4.43. The number of fused-ring (bicyclic) bond motifs is 3. The van der Waals surface area contributed by atoms with E-state index in [0.29, 0.717) is 22.5 Å². The van der Waals surface area contributed by atoms with Gasteiger partial charge in [0.1, 0.15) is 6.21 Å². The van der Waals surface area contributed by atoms with Gasteiger partial charge in [-0.15, -0.1) is 8.78 Å². The summed E-state index contributed by atoms with van der Waals surface area (Å²) < 4.78 is 66.5. The molecule has 1 aromatic heterocycles. The summed E-state index contributed by atoms with van der Waals surface area (Å²) >= 11 is 0. The van der Waals surface area contributed by atoms with Crippen molar-refractivity contribution >= 4 is 18.8 Å². The maximum atomic E-state index is 14.7. The van der Waals surface area contributed by atoms with Gasteiger partial charge in [-0.2, -0.15) is 0 Å². The largest absolute Gasteiger partial charge is 0.737 e. The van der Waals surface area contributed by atoms with Crippen molar-refractivity contribution in [2.24, 2.45) is 0 Å². The minimum Gasteiger partial charge on any atom is -0.396 e. The van der Waals surface area contributed by atoms with Crippen LogP contribution < -0.4 is 9.47 Å². The van der Waals surface area contributed by atoms with Crippen LogP contribution in [0, 0.1) is 0 Å². The summed E-state index contributed by atoms with van der Waals surface area (Å²) in [6.07, 6.45) is 1.98. The van der Waals surface area contributed by atoms with Crippen molar-refractivity contribution in [3.8, 4) is 11.5 Å². The van der Waals surface area contributed by atoms with Gasteiger partial charge in [-0.1, -0.05) is 6.07 Å². The lowest BCUT2D eigenvalue weighted by atomic mass is 9.86. The van der Waals surface area contributed by atoms with Crippen LogP contribution in [0.25, 0.3) is 5.57 Å². The molecule has 0 fully saturated rings. The molecule has 0 saturated heterocycles. The van der Waals surface area contributed by atoms with E-state index in [-0.39, 0.29) is 11.5 Å². The molecule has 0 saturated carbocycles. The van der Waals surface area contributed by atoms with E-state index in [1.165, 1.54) is 36.7 Å². The van der Waals surface area contributed by atoms with Gasteiger partial charge in [0.2, 0.25) is 0 Å². The number of hydrogen-bond donors (Lipinski definition) is 0. The van der Waals surface area contributed by atoms with Crippen LogP contribution in [0.5, 0.6) is 11.5 Å². The van der Waals surface area contributed by atoms with Crippen LogP contribution in [0.15, 0.2) is 54.4 Å². The number of allylic oxidation sites excluding steroid dienone is 2. The van der Waals surface area contributed by atoms with Crippen molar-refractivity contribution in [3.63, 3.8) is 0 Å². The highest BCUT2D eigenvalue weighted by Crippen LogP contribution is 2.45. The highest BCUT2D eigenvalue weighted by Gasteiger charge is 2.51. The van der Waals surface area contributed by atoms with Crippen LogP contribution in [-0.2, 0) is 0 Å². The van der Waals surface area contributed by atoms with Gasteiger partial charge in [-0.3, -0.25) is 0 Å². The highest BCUT2D eigenvalue weighted by molar-refractivity contribution is 6.57. The zero-order chi connectivity index (χ0) is 17.4. The zero-order valence-electron chi connectivity index (χ0n) is 12.5. The fourth-order valence-corrected chi connectivity index (χ4v) is 3.42. The monoisotopic (exact) mass is 348 g/mol. The quantitative estimate of drug-likeness (QED) is 0.583. The van der Waals surface area contributed by atoms with Gasteiger partial charge >= 0.3 is 13.3 Å². The molecule has 0 spiro atoms. The Morgan fingerprint density at radius 3 is 2.72 bits per heavy atom. The molecule has 0 N–H and O–H groups in total. The van der Waals surface area contributed by atoms with Gasteiger partial charge in [-0.25, -0.2) is 0 Å². The van der Waals surface area contributed by atoms with E-state index >= 15 is 0 Å². The molecule has 0 bridgehead atoms. The summed E-state index contributed by atoms with van der Waals surface area (Å²) in [7, 11) is 0. The predicted molar refractivity (Wildman–Crippen MR) is 81.9 cm³/mol. The third kappa shape index (κ3) is 1.86. The topological polar surface area (TPSA) is 26.4 Å². The minimum atomic E-state index is -4.00. The number of hydrogen-bond acceptors (Lipinski definition) is 2. The van der Waals surface area contributed by atoms with E-state index in [1.807, 2.05) is 0 Å². The molecule has 1 aromatic carbocycles. The molecule has 3 aliphatic heterocycles. The van der Waals surface area contributed by atoms with Crippen LogP contribution in [0.1, 0.15) is 11.3 Å². The van der Waals surface area contributed by atoms with Gasteiger partial charge in [0.15, 0.2) is 17.2 Å². The van der Waals surface area contributed by atoms with Crippen LogP contribution in [-0.4, -0.2) is 28.4 Å². The maximum Gasteiger partial charge on any atom is 0.737 e. The molecular weight excluding hydrogens is 339 g/mol. The van der Waals surface area contributed by atoms with Crippen molar-refractivity contribution in [2.75, 3.05) is 0 Å². The fourth-order valence-electron chi connectivity index (χ4n) is 3.42. The Labute approximate surface area is 138 Å². The lowest BCUT2D eigenvalue weighted by Crippen LogP contribution is -2.49. The number of ether oxygens (including phenoxy) is 2. The van der Waals surface area contributed by atoms with Crippen LogP contribution in [0.2, 0.25) is 0 Å². The summed E-state index contributed by atoms with van der Waals surface area (Å²) in [5, 5.41) is 0. The first-order valence-electron chi connectivity index (χ1n) is 7.51. The van der Waals surface area contributed by atoms with Gasteiger partial charge in [-0.05, 0) is 36.0 Å². The number of alkyl halides is 2. The summed E-state index contributed by atoms with van der Waals surface area (Å²) in [6, 6.07) is 7.36. The first-order valence-corrected chi connectivity index (χ1v) is 7.51. The number of rotatable bonds is 1. The molecule has 0 unspecified atom stereocenters. The number of nitrogens with zero attached hydrogens (tertiary/aromatic N) is 2. The van der Waals surface area contributed by atoms with E-state index < -0.39 is 13.3 Å².